The maximum Gasteiger partial charge on any atom is 0.343 e. The van der Waals surface area contributed by atoms with Crippen molar-refractivity contribution in [3.05, 3.63) is 69.8 Å². The molecule has 1 atom stereocenters. The molecule has 2 aromatic carbocycles. The Morgan fingerprint density at radius 1 is 1.03 bits per heavy atom. The predicted molar refractivity (Wildman–Crippen MR) is 121 cm³/mol. The molecule has 0 saturated heterocycles. The fraction of sp³-hybridized carbons (Fsp3) is 0.250. The van der Waals surface area contributed by atoms with Crippen LogP contribution in [0.4, 0.5) is 5.69 Å². The summed E-state index contributed by atoms with van der Waals surface area (Å²) in [5.74, 6) is -0.614. The number of hydrogen-bond acceptors (Lipinski definition) is 8. The summed E-state index contributed by atoms with van der Waals surface area (Å²) < 4.78 is 21.5. The van der Waals surface area contributed by atoms with Gasteiger partial charge in [-0.15, -0.1) is 0 Å². The summed E-state index contributed by atoms with van der Waals surface area (Å²) >= 11 is 0. The summed E-state index contributed by atoms with van der Waals surface area (Å²) in [5, 5.41) is 23.0. The lowest BCUT2D eigenvalue weighted by molar-refractivity contribution is -0.116. The van der Waals surface area contributed by atoms with Crippen molar-refractivity contribution in [3.63, 3.8) is 0 Å². The number of phenolic OH excluding ortho intramolecular Hbond substituents is 1. The minimum Gasteiger partial charge on any atom is -0.508 e. The number of amides is 1. The number of ether oxygens (including phenoxy) is 3. The first-order chi connectivity index (χ1) is 15.8. The summed E-state index contributed by atoms with van der Waals surface area (Å²) in [5.41, 5.74) is -0.0949. The van der Waals surface area contributed by atoms with Gasteiger partial charge in [-0.25, -0.2) is 4.79 Å². The lowest BCUT2D eigenvalue weighted by Crippen LogP contribution is -2.21. The van der Waals surface area contributed by atoms with Crippen LogP contribution < -0.4 is 25.2 Å². The van der Waals surface area contributed by atoms with Crippen molar-refractivity contribution < 1.29 is 33.6 Å². The maximum atomic E-state index is 12.9. The number of carbonyl (C=O) groups is 1. The second-order valence-electron chi connectivity index (χ2n) is 7.22. The number of methoxy groups -OCH3 is 3. The van der Waals surface area contributed by atoms with Gasteiger partial charge in [-0.1, -0.05) is 12.1 Å². The van der Waals surface area contributed by atoms with Crippen molar-refractivity contribution in [2.45, 2.75) is 19.3 Å². The highest BCUT2D eigenvalue weighted by Crippen LogP contribution is 2.46. The Bertz CT molecular complexity index is 1220. The van der Waals surface area contributed by atoms with Gasteiger partial charge in [0, 0.05) is 35.7 Å². The molecule has 0 radical (unpaired) electrons. The number of hydrogen-bond donors (Lipinski definition) is 3. The molecule has 0 spiro atoms. The molecule has 9 heteroatoms. The zero-order chi connectivity index (χ0) is 24.1. The van der Waals surface area contributed by atoms with E-state index in [4.69, 9.17) is 18.6 Å². The molecule has 0 fully saturated rings. The highest BCUT2D eigenvalue weighted by atomic mass is 16.5. The lowest BCUT2D eigenvalue weighted by Gasteiger charge is -2.22. The van der Waals surface area contributed by atoms with Gasteiger partial charge in [0.25, 0.3) is 0 Å². The number of phenols is 1. The average molecular weight is 455 g/mol. The molecule has 1 aromatic heterocycles. The predicted octanol–water partition coefficient (Wildman–Crippen LogP) is 3.55. The van der Waals surface area contributed by atoms with Crippen molar-refractivity contribution in [2.24, 2.45) is 0 Å². The Labute approximate surface area is 190 Å². The Balaban J connectivity index is 2.13. The Hall–Kier alpha value is -4.14. The van der Waals surface area contributed by atoms with E-state index in [1.165, 1.54) is 46.5 Å². The van der Waals surface area contributed by atoms with Gasteiger partial charge in [-0.2, -0.15) is 0 Å². The lowest BCUT2D eigenvalue weighted by atomic mass is 9.87. The van der Waals surface area contributed by atoms with E-state index in [0.29, 0.717) is 17.0 Å². The molecule has 0 unspecified atom stereocenters. The summed E-state index contributed by atoms with van der Waals surface area (Å²) in [4.78, 5) is 25.7. The molecular formula is C24H25NO8. The van der Waals surface area contributed by atoms with Crippen molar-refractivity contribution >= 4 is 11.6 Å². The van der Waals surface area contributed by atoms with E-state index in [2.05, 4.69) is 5.32 Å². The number of aromatic hydroxyl groups is 2. The summed E-state index contributed by atoms with van der Waals surface area (Å²) in [7, 11) is 4.32. The van der Waals surface area contributed by atoms with Gasteiger partial charge in [0.2, 0.25) is 11.7 Å². The number of rotatable bonds is 8. The Morgan fingerprint density at radius 2 is 1.76 bits per heavy atom. The summed E-state index contributed by atoms with van der Waals surface area (Å²) in [6.07, 6.45) is -0.247. The van der Waals surface area contributed by atoms with Crippen LogP contribution in [0.15, 0.2) is 51.7 Å². The molecule has 0 saturated carbocycles. The molecule has 0 aliphatic heterocycles. The molecule has 174 valence electrons. The second kappa shape index (κ2) is 9.99. The van der Waals surface area contributed by atoms with E-state index >= 15 is 0 Å². The van der Waals surface area contributed by atoms with Gasteiger partial charge in [-0.05, 0) is 25.1 Å². The molecule has 3 N–H and O–H groups in total. The molecular weight excluding hydrogens is 430 g/mol. The topological polar surface area (TPSA) is 127 Å². The number of carbonyl (C=O) groups excluding carboxylic acids is 1. The standard InChI is InChI=1S/C24H25NO8/c1-13-10-18(27)21(24(29)33-13)17(12-20(28)25-14-6-5-7-15(26)11-14)16-8-9-19(30-2)23(32-4)22(16)31-3/h5-11,17,26-27H,12H2,1-4H3,(H,25,28)/t17-/m0/s1. The highest BCUT2D eigenvalue weighted by molar-refractivity contribution is 5.92. The van der Waals surface area contributed by atoms with E-state index in [0.717, 1.165) is 0 Å². The highest BCUT2D eigenvalue weighted by Gasteiger charge is 2.30. The Kier molecular flexibility index (Phi) is 7.12. The van der Waals surface area contributed by atoms with Crippen LogP contribution in [-0.2, 0) is 4.79 Å². The zero-order valence-corrected chi connectivity index (χ0v) is 18.7. The van der Waals surface area contributed by atoms with Gasteiger partial charge in [-0.3, -0.25) is 4.79 Å². The molecule has 0 bridgehead atoms. The summed E-state index contributed by atoms with van der Waals surface area (Å²) in [6, 6.07) is 10.6. The van der Waals surface area contributed by atoms with E-state index in [1.807, 2.05) is 0 Å². The van der Waals surface area contributed by atoms with Crippen LogP contribution in [-0.4, -0.2) is 37.4 Å². The van der Waals surface area contributed by atoms with E-state index in [-0.39, 0.29) is 40.7 Å². The molecule has 3 aromatic rings. The minimum atomic E-state index is -0.950. The van der Waals surface area contributed by atoms with E-state index in [1.54, 1.807) is 24.3 Å². The monoisotopic (exact) mass is 455 g/mol. The van der Waals surface area contributed by atoms with Crippen molar-refractivity contribution in [1.82, 2.24) is 0 Å². The number of aryl methyl sites for hydroxylation is 1. The fourth-order valence-corrected chi connectivity index (χ4v) is 3.67. The molecule has 0 aliphatic carbocycles. The smallest absolute Gasteiger partial charge is 0.343 e. The second-order valence-corrected chi connectivity index (χ2v) is 7.22. The summed E-state index contributed by atoms with van der Waals surface area (Å²) in [6.45, 7) is 1.53. The third kappa shape index (κ3) is 5.03. The first kappa shape index (κ1) is 23.5. The Morgan fingerprint density at radius 3 is 2.36 bits per heavy atom. The molecule has 1 amide bonds. The molecule has 1 heterocycles. The van der Waals surface area contributed by atoms with Crippen LogP contribution in [0.3, 0.4) is 0 Å². The van der Waals surface area contributed by atoms with Crippen LogP contribution in [0.5, 0.6) is 28.7 Å². The van der Waals surface area contributed by atoms with Gasteiger partial charge < -0.3 is 34.2 Å². The number of benzene rings is 2. The van der Waals surface area contributed by atoms with Gasteiger partial charge in [0.1, 0.15) is 17.3 Å². The minimum absolute atomic E-state index is 0.0114. The largest absolute Gasteiger partial charge is 0.508 e. The molecule has 3 rings (SSSR count). The third-order valence-corrected chi connectivity index (χ3v) is 5.07. The van der Waals surface area contributed by atoms with Gasteiger partial charge in [0.05, 0.1) is 26.9 Å². The quantitative estimate of drug-likeness (QED) is 0.471. The first-order valence-electron chi connectivity index (χ1n) is 10.00. The fourth-order valence-electron chi connectivity index (χ4n) is 3.67. The van der Waals surface area contributed by atoms with Crippen LogP contribution >= 0.6 is 0 Å². The van der Waals surface area contributed by atoms with Crippen molar-refractivity contribution in [2.75, 3.05) is 26.6 Å². The first-order valence-corrected chi connectivity index (χ1v) is 10.00. The van der Waals surface area contributed by atoms with Gasteiger partial charge >= 0.3 is 5.63 Å². The number of nitrogens with one attached hydrogen (secondary N) is 1. The van der Waals surface area contributed by atoms with Crippen molar-refractivity contribution in [1.29, 1.82) is 0 Å². The number of anilines is 1. The van der Waals surface area contributed by atoms with Crippen LogP contribution in [0.25, 0.3) is 0 Å². The van der Waals surface area contributed by atoms with Gasteiger partial charge in [0.15, 0.2) is 11.5 Å². The van der Waals surface area contributed by atoms with E-state index in [9.17, 15) is 19.8 Å². The normalized spacial score (nSPS) is 11.5. The van der Waals surface area contributed by atoms with Crippen molar-refractivity contribution in [3.8, 4) is 28.7 Å². The zero-order valence-electron chi connectivity index (χ0n) is 18.7. The maximum absolute atomic E-state index is 12.9. The third-order valence-electron chi connectivity index (χ3n) is 5.07. The van der Waals surface area contributed by atoms with Crippen LogP contribution in [0.2, 0.25) is 0 Å². The van der Waals surface area contributed by atoms with E-state index < -0.39 is 17.5 Å². The SMILES string of the molecule is COc1ccc([C@H](CC(=O)Nc2cccc(O)c2)c2c(O)cc(C)oc2=O)c(OC)c1OC. The molecule has 9 nitrogen and oxygen atoms in total. The molecule has 33 heavy (non-hydrogen) atoms. The molecule has 0 aliphatic rings. The average Bonchev–Trinajstić information content (AvgIpc) is 2.76. The van der Waals surface area contributed by atoms with Crippen LogP contribution in [0.1, 0.15) is 29.2 Å². The van der Waals surface area contributed by atoms with Crippen LogP contribution in [0, 0.1) is 6.92 Å².